The Kier molecular flexibility index (Phi) is 4.81. The molecule has 0 aliphatic heterocycles. The highest BCUT2D eigenvalue weighted by Crippen LogP contribution is 2.20. The van der Waals surface area contributed by atoms with Crippen LogP contribution in [-0.4, -0.2) is 30.1 Å². The van der Waals surface area contributed by atoms with Crippen LogP contribution in [0.25, 0.3) is 0 Å². The highest BCUT2D eigenvalue weighted by atomic mass is 19.1. The molecule has 1 aliphatic carbocycles. The molecular formula is C13H18FN3O2. The van der Waals surface area contributed by atoms with Crippen LogP contribution in [-0.2, 0) is 16.1 Å². The Hall–Kier alpha value is -1.53. The standard InChI is InChI=1S/C13H18FN3O2/c1-9-5-6-10-3-2-4-12(13(10)16-9)17-19-8-11(14)7-18-15/h5-6,11H,2-4,7-8,15H2,1H3. The summed E-state index contributed by atoms with van der Waals surface area (Å²) in [4.78, 5) is 13.7. The molecule has 1 atom stereocenters. The number of fused-ring (bicyclic) bond motifs is 1. The zero-order chi connectivity index (χ0) is 13.7. The third kappa shape index (κ3) is 3.71. The van der Waals surface area contributed by atoms with Crippen LogP contribution in [0, 0.1) is 6.92 Å². The molecule has 2 rings (SSSR count). The molecule has 0 radical (unpaired) electrons. The highest BCUT2D eigenvalue weighted by Gasteiger charge is 2.18. The van der Waals surface area contributed by atoms with Gasteiger partial charge in [-0.25, -0.2) is 10.3 Å². The molecule has 0 aromatic carbocycles. The van der Waals surface area contributed by atoms with E-state index < -0.39 is 6.17 Å². The van der Waals surface area contributed by atoms with Crippen molar-refractivity contribution in [3.63, 3.8) is 0 Å². The fraction of sp³-hybridized carbons (Fsp3) is 0.538. The van der Waals surface area contributed by atoms with Crippen LogP contribution in [0.1, 0.15) is 29.8 Å². The summed E-state index contributed by atoms with van der Waals surface area (Å²) in [5, 5.41) is 4.01. The van der Waals surface area contributed by atoms with E-state index in [2.05, 4.69) is 21.0 Å². The number of nitrogens with two attached hydrogens (primary N) is 1. The number of aromatic nitrogens is 1. The first-order valence-electron chi connectivity index (χ1n) is 6.32. The predicted octanol–water partition coefficient (Wildman–Crippen LogP) is 1.68. The number of hydrogen-bond acceptors (Lipinski definition) is 5. The molecule has 1 aliphatic rings. The molecule has 6 heteroatoms. The lowest BCUT2D eigenvalue weighted by Gasteiger charge is -2.17. The molecule has 0 fully saturated rings. The largest absolute Gasteiger partial charge is 0.392 e. The van der Waals surface area contributed by atoms with Crippen molar-refractivity contribution in [2.24, 2.45) is 11.1 Å². The van der Waals surface area contributed by atoms with Gasteiger partial charge in [0.25, 0.3) is 0 Å². The molecule has 0 saturated carbocycles. The van der Waals surface area contributed by atoms with Gasteiger partial charge in [0.05, 0.1) is 5.69 Å². The smallest absolute Gasteiger partial charge is 0.162 e. The van der Waals surface area contributed by atoms with Crippen molar-refractivity contribution >= 4 is 5.71 Å². The van der Waals surface area contributed by atoms with Gasteiger partial charge in [-0.15, -0.1) is 0 Å². The van der Waals surface area contributed by atoms with Gasteiger partial charge in [-0.1, -0.05) is 11.2 Å². The summed E-state index contributed by atoms with van der Waals surface area (Å²) in [6.07, 6.45) is 1.52. The van der Waals surface area contributed by atoms with Gasteiger partial charge in [-0.3, -0.25) is 4.98 Å². The SMILES string of the molecule is Cc1ccc2c(n1)C(=NOCC(F)CON)CCC2. The lowest BCUT2D eigenvalue weighted by Crippen LogP contribution is -2.20. The maximum atomic E-state index is 13.1. The van der Waals surface area contributed by atoms with Gasteiger partial charge < -0.3 is 9.68 Å². The molecule has 0 bridgehead atoms. The molecular weight excluding hydrogens is 249 g/mol. The van der Waals surface area contributed by atoms with E-state index in [0.717, 1.165) is 36.4 Å². The molecule has 19 heavy (non-hydrogen) atoms. The van der Waals surface area contributed by atoms with Gasteiger partial charge in [0.15, 0.2) is 12.8 Å². The Balaban J connectivity index is 2.04. The van der Waals surface area contributed by atoms with Crippen molar-refractivity contribution in [3.05, 3.63) is 29.1 Å². The maximum absolute atomic E-state index is 13.1. The molecule has 1 aromatic rings. The minimum atomic E-state index is -1.28. The Morgan fingerprint density at radius 3 is 3.05 bits per heavy atom. The van der Waals surface area contributed by atoms with E-state index >= 15 is 0 Å². The number of pyridine rings is 1. The Morgan fingerprint density at radius 2 is 2.26 bits per heavy atom. The monoisotopic (exact) mass is 267 g/mol. The third-order valence-electron chi connectivity index (χ3n) is 2.96. The second-order valence-electron chi connectivity index (χ2n) is 4.58. The fourth-order valence-corrected chi connectivity index (χ4v) is 2.04. The number of rotatable bonds is 5. The summed E-state index contributed by atoms with van der Waals surface area (Å²) in [6.45, 7) is 1.57. The molecule has 104 valence electrons. The van der Waals surface area contributed by atoms with Gasteiger partial charge in [0, 0.05) is 5.69 Å². The van der Waals surface area contributed by atoms with Gasteiger partial charge in [-0.05, 0) is 37.8 Å². The first-order chi connectivity index (χ1) is 9.20. The Bertz CT molecular complexity index is 465. The number of hydrogen-bond donors (Lipinski definition) is 1. The molecule has 0 spiro atoms. The van der Waals surface area contributed by atoms with Crippen LogP contribution in [0.15, 0.2) is 17.3 Å². The molecule has 5 nitrogen and oxygen atoms in total. The second kappa shape index (κ2) is 6.58. The van der Waals surface area contributed by atoms with E-state index in [4.69, 9.17) is 10.7 Å². The predicted molar refractivity (Wildman–Crippen MR) is 69.4 cm³/mol. The van der Waals surface area contributed by atoms with Gasteiger partial charge in [0.1, 0.15) is 12.3 Å². The van der Waals surface area contributed by atoms with Crippen LogP contribution in [0.3, 0.4) is 0 Å². The number of nitrogens with zero attached hydrogens (tertiary/aromatic N) is 2. The number of oxime groups is 1. The van der Waals surface area contributed by atoms with E-state index in [1.807, 2.05) is 13.0 Å². The lowest BCUT2D eigenvalue weighted by atomic mass is 9.94. The van der Waals surface area contributed by atoms with Gasteiger partial charge in [0.2, 0.25) is 0 Å². The number of alkyl halides is 1. The van der Waals surface area contributed by atoms with E-state index in [1.54, 1.807) is 0 Å². The zero-order valence-corrected chi connectivity index (χ0v) is 10.9. The molecule has 0 amide bonds. The Morgan fingerprint density at radius 1 is 1.42 bits per heavy atom. The number of aryl methyl sites for hydroxylation is 2. The quantitative estimate of drug-likeness (QED) is 0.824. The molecule has 1 aromatic heterocycles. The average Bonchev–Trinajstić information content (AvgIpc) is 2.39. The van der Waals surface area contributed by atoms with E-state index in [9.17, 15) is 4.39 Å². The molecule has 2 N–H and O–H groups in total. The third-order valence-corrected chi connectivity index (χ3v) is 2.96. The topological polar surface area (TPSA) is 69.7 Å². The van der Waals surface area contributed by atoms with Crippen molar-refractivity contribution in [1.82, 2.24) is 4.98 Å². The number of halogens is 1. The summed E-state index contributed by atoms with van der Waals surface area (Å²) < 4.78 is 13.1. The van der Waals surface area contributed by atoms with Crippen LogP contribution in [0.2, 0.25) is 0 Å². The zero-order valence-electron chi connectivity index (χ0n) is 10.9. The fourth-order valence-electron chi connectivity index (χ4n) is 2.04. The van der Waals surface area contributed by atoms with E-state index in [1.165, 1.54) is 5.56 Å². The van der Waals surface area contributed by atoms with E-state index in [-0.39, 0.29) is 13.2 Å². The van der Waals surface area contributed by atoms with Gasteiger partial charge >= 0.3 is 0 Å². The molecule has 1 heterocycles. The Labute approximate surface area is 111 Å². The van der Waals surface area contributed by atoms with Crippen molar-refractivity contribution in [3.8, 4) is 0 Å². The van der Waals surface area contributed by atoms with Crippen molar-refractivity contribution < 1.29 is 14.1 Å². The summed E-state index contributed by atoms with van der Waals surface area (Å²) in [7, 11) is 0. The van der Waals surface area contributed by atoms with Crippen molar-refractivity contribution in [2.75, 3.05) is 13.2 Å². The lowest BCUT2D eigenvalue weighted by molar-refractivity contribution is 0.0231. The first-order valence-corrected chi connectivity index (χ1v) is 6.32. The maximum Gasteiger partial charge on any atom is 0.162 e. The van der Waals surface area contributed by atoms with Gasteiger partial charge in [-0.2, -0.15) is 0 Å². The van der Waals surface area contributed by atoms with Crippen molar-refractivity contribution in [1.29, 1.82) is 0 Å². The summed E-state index contributed by atoms with van der Waals surface area (Å²) in [6, 6.07) is 4.05. The van der Waals surface area contributed by atoms with Crippen LogP contribution in [0.4, 0.5) is 4.39 Å². The minimum absolute atomic E-state index is 0.165. The van der Waals surface area contributed by atoms with Crippen LogP contribution < -0.4 is 5.90 Å². The molecule has 0 saturated heterocycles. The average molecular weight is 267 g/mol. The molecule has 1 unspecified atom stereocenters. The second-order valence-corrected chi connectivity index (χ2v) is 4.58. The van der Waals surface area contributed by atoms with Crippen LogP contribution >= 0.6 is 0 Å². The van der Waals surface area contributed by atoms with E-state index in [0.29, 0.717) is 0 Å². The summed E-state index contributed by atoms with van der Waals surface area (Å²) in [5.41, 5.74) is 3.76. The first kappa shape index (κ1) is 13.9. The minimum Gasteiger partial charge on any atom is -0.392 e. The van der Waals surface area contributed by atoms with Crippen molar-refractivity contribution in [2.45, 2.75) is 32.4 Å². The normalized spacial score (nSPS) is 18.2. The summed E-state index contributed by atoms with van der Waals surface area (Å²) >= 11 is 0. The van der Waals surface area contributed by atoms with Crippen LogP contribution in [0.5, 0.6) is 0 Å². The summed E-state index contributed by atoms with van der Waals surface area (Å²) in [5.74, 6) is 4.78. The highest BCUT2D eigenvalue weighted by molar-refractivity contribution is 6.00.